The maximum atomic E-state index is 12.2. The first kappa shape index (κ1) is 14.9. The van der Waals surface area contributed by atoms with Crippen molar-refractivity contribution >= 4 is 45.5 Å². The summed E-state index contributed by atoms with van der Waals surface area (Å²) in [5.41, 5.74) is 1.42. The van der Waals surface area contributed by atoms with E-state index in [1.807, 2.05) is 11.4 Å². The number of non-ortho nitro benzene ring substituents is 1. The Morgan fingerprint density at radius 3 is 2.80 bits per heavy atom. The maximum Gasteiger partial charge on any atom is 0.269 e. The summed E-state index contributed by atoms with van der Waals surface area (Å²) in [6.07, 6.45) is 0. The number of amides is 1. The lowest BCUT2D eigenvalue weighted by Gasteiger charge is -2.16. The lowest BCUT2D eigenvalue weighted by Crippen LogP contribution is -2.25. The van der Waals surface area contributed by atoms with Gasteiger partial charge in [0.2, 0.25) is 0 Å². The Balaban J connectivity index is 2.11. The molecular formula is C13H11IN2O3S. The Morgan fingerprint density at radius 2 is 2.20 bits per heavy atom. The van der Waals surface area contributed by atoms with E-state index >= 15 is 0 Å². The van der Waals surface area contributed by atoms with Crippen molar-refractivity contribution in [3.8, 4) is 0 Å². The van der Waals surface area contributed by atoms with Crippen molar-refractivity contribution < 1.29 is 9.72 Å². The molecule has 0 unspecified atom stereocenters. The van der Waals surface area contributed by atoms with Gasteiger partial charge in [0.15, 0.2) is 0 Å². The van der Waals surface area contributed by atoms with Gasteiger partial charge in [-0.1, -0.05) is 12.1 Å². The lowest BCUT2D eigenvalue weighted by atomic mass is 10.2. The molecule has 0 fully saturated rings. The highest BCUT2D eigenvalue weighted by Gasteiger charge is 2.14. The molecule has 0 aliphatic carbocycles. The van der Waals surface area contributed by atoms with Gasteiger partial charge >= 0.3 is 0 Å². The van der Waals surface area contributed by atoms with Crippen LogP contribution in [-0.2, 0) is 6.54 Å². The number of halogens is 1. The zero-order chi connectivity index (χ0) is 14.7. The molecule has 0 spiro atoms. The molecule has 1 amide bonds. The zero-order valence-corrected chi connectivity index (χ0v) is 13.6. The molecular weight excluding hydrogens is 391 g/mol. The van der Waals surface area contributed by atoms with Crippen LogP contribution in [0.3, 0.4) is 0 Å². The number of nitro groups is 1. The molecule has 104 valence electrons. The van der Waals surface area contributed by atoms with E-state index in [0.717, 1.165) is 8.45 Å². The number of carbonyl (C=O) groups is 1. The predicted molar refractivity (Wildman–Crippen MR) is 85.9 cm³/mol. The van der Waals surface area contributed by atoms with Crippen LogP contribution in [-0.4, -0.2) is 22.8 Å². The topological polar surface area (TPSA) is 63.4 Å². The van der Waals surface area contributed by atoms with Gasteiger partial charge in [0, 0.05) is 31.1 Å². The van der Waals surface area contributed by atoms with E-state index in [0.29, 0.717) is 12.1 Å². The van der Waals surface area contributed by atoms with Crippen LogP contribution >= 0.6 is 33.9 Å². The summed E-state index contributed by atoms with van der Waals surface area (Å²) < 4.78 is 1.05. The van der Waals surface area contributed by atoms with E-state index in [4.69, 9.17) is 0 Å². The molecule has 1 aromatic heterocycles. The summed E-state index contributed by atoms with van der Waals surface area (Å²) in [6.45, 7) is 0.340. The van der Waals surface area contributed by atoms with E-state index < -0.39 is 4.92 Å². The lowest BCUT2D eigenvalue weighted by molar-refractivity contribution is -0.384. The standard InChI is InChI=1S/C13H11IN2O3S/c1-15(13(17)10-6-12(14)20-8-10)7-9-3-2-4-11(5-9)16(18)19/h2-6,8H,7H2,1H3. The van der Waals surface area contributed by atoms with Gasteiger partial charge in [-0.2, -0.15) is 0 Å². The van der Waals surface area contributed by atoms with E-state index in [1.54, 1.807) is 24.1 Å². The molecule has 0 aliphatic rings. The number of nitro benzene ring substituents is 1. The molecule has 0 radical (unpaired) electrons. The van der Waals surface area contributed by atoms with Crippen molar-refractivity contribution in [1.29, 1.82) is 0 Å². The third kappa shape index (κ3) is 3.54. The fourth-order valence-corrected chi connectivity index (χ4v) is 3.08. The van der Waals surface area contributed by atoms with E-state index in [1.165, 1.54) is 23.5 Å². The largest absolute Gasteiger partial charge is 0.337 e. The van der Waals surface area contributed by atoms with Gasteiger partial charge in [0.25, 0.3) is 11.6 Å². The molecule has 0 aliphatic heterocycles. The Morgan fingerprint density at radius 1 is 1.45 bits per heavy atom. The molecule has 0 bridgehead atoms. The molecule has 1 heterocycles. The minimum absolute atomic E-state index is 0.0356. The second-order valence-electron chi connectivity index (χ2n) is 4.23. The van der Waals surface area contributed by atoms with Crippen molar-refractivity contribution in [2.45, 2.75) is 6.54 Å². The summed E-state index contributed by atoms with van der Waals surface area (Å²) in [4.78, 5) is 24.0. The summed E-state index contributed by atoms with van der Waals surface area (Å²) in [5.74, 6) is -0.0873. The number of nitrogens with zero attached hydrogens (tertiary/aromatic N) is 2. The minimum atomic E-state index is -0.438. The monoisotopic (exact) mass is 402 g/mol. The van der Waals surface area contributed by atoms with Crippen LogP contribution in [0.5, 0.6) is 0 Å². The number of benzene rings is 1. The van der Waals surface area contributed by atoms with Gasteiger partial charge in [0.05, 0.1) is 13.4 Å². The Hall–Kier alpha value is -1.48. The number of rotatable bonds is 4. The van der Waals surface area contributed by atoms with Crippen molar-refractivity contribution in [3.63, 3.8) is 0 Å². The Labute approximate surface area is 133 Å². The molecule has 0 N–H and O–H groups in total. The molecule has 2 aromatic rings. The molecule has 0 saturated carbocycles. The number of hydrogen-bond donors (Lipinski definition) is 0. The van der Waals surface area contributed by atoms with Crippen molar-refractivity contribution in [1.82, 2.24) is 4.90 Å². The highest BCUT2D eigenvalue weighted by atomic mass is 127. The van der Waals surface area contributed by atoms with Crippen molar-refractivity contribution in [2.75, 3.05) is 7.05 Å². The predicted octanol–water partition coefficient (Wildman–Crippen LogP) is 3.53. The SMILES string of the molecule is CN(Cc1cccc([N+](=O)[O-])c1)C(=O)c1csc(I)c1. The molecule has 0 saturated heterocycles. The second-order valence-corrected chi connectivity index (χ2v) is 7.03. The van der Waals surface area contributed by atoms with Crippen LogP contribution in [0.4, 0.5) is 5.69 Å². The Bertz CT molecular complexity index is 657. The third-order valence-electron chi connectivity index (χ3n) is 2.70. The van der Waals surface area contributed by atoms with E-state index in [2.05, 4.69) is 22.6 Å². The minimum Gasteiger partial charge on any atom is -0.337 e. The average molecular weight is 402 g/mol. The first-order valence-corrected chi connectivity index (χ1v) is 7.66. The normalized spacial score (nSPS) is 10.3. The molecule has 1 aromatic carbocycles. The second kappa shape index (κ2) is 6.31. The van der Waals surface area contributed by atoms with Crippen molar-refractivity contribution in [2.24, 2.45) is 0 Å². The Kier molecular flexibility index (Phi) is 4.71. The van der Waals surface area contributed by atoms with E-state index in [-0.39, 0.29) is 11.6 Å². The van der Waals surface area contributed by atoms with Crippen molar-refractivity contribution in [3.05, 3.63) is 59.8 Å². The smallest absolute Gasteiger partial charge is 0.269 e. The maximum absolute atomic E-state index is 12.2. The van der Waals surface area contributed by atoms with Crippen LogP contribution in [0.25, 0.3) is 0 Å². The van der Waals surface area contributed by atoms with Gasteiger partial charge in [-0.05, 0) is 34.2 Å². The first-order chi connectivity index (χ1) is 9.47. The van der Waals surface area contributed by atoms with Crippen LogP contribution in [0.1, 0.15) is 15.9 Å². The molecule has 0 atom stereocenters. The molecule has 5 nitrogen and oxygen atoms in total. The number of hydrogen-bond acceptors (Lipinski definition) is 4. The van der Waals surface area contributed by atoms with Gasteiger partial charge in [-0.25, -0.2) is 0 Å². The van der Waals surface area contributed by atoms with Crippen LogP contribution in [0.15, 0.2) is 35.7 Å². The van der Waals surface area contributed by atoms with Crippen LogP contribution in [0.2, 0.25) is 0 Å². The van der Waals surface area contributed by atoms with Gasteiger partial charge in [-0.15, -0.1) is 11.3 Å². The van der Waals surface area contributed by atoms with Gasteiger partial charge < -0.3 is 4.90 Å². The van der Waals surface area contributed by atoms with Gasteiger partial charge in [-0.3, -0.25) is 14.9 Å². The fourth-order valence-electron chi connectivity index (χ4n) is 1.76. The molecule has 7 heteroatoms. The van der Waals surface area contributed by atoms with E-state index in [9.17, 15) is 14.9 Å². The summed E-state index contributed by atoms with van der Waals surface area (Å²) in [6, 6.07) is 8.15. The quantitative estimate of drug-likeness (QED) is 0.447. The number of carbonyl (C=O) groups excluding carboxylic acids is 1. The average Bonchev–Trinajstić information content (AvgIpc) is 2.84. The summed E-state index contributed by atoms with van der Waals surface area (Å²) >= 11 is 3.68. The van der Waals surface area contributed by atoms with Crippen LogP contribution < -0.4 is 0 Å². The summed E-state index contributed by atoms with van der Waals surface area (Å²) in [5, 5.41) is 12.5. The third-order valence-corrected chi connectivity index (χ3v) is 4.49. The van der Waals surface area contributed by atoms with Crippen LogP contribution in [0, 0.1) is 13.0 Å². The first-order valence-electron chi connectivity index (χ1n) is 5.70. The van der Waals surface area contributed by atoms with Gasteiger partial charge in [0.1, 0.15) is 0 Å². The molecule has 2 rings (SSSR count). The molecule has 20 heavy (non-hydrogen) atoms. The number of thiophene rings is 1. The fraction of sp³-hybridized carbons (Fsp3) is 0.154. The zero-order valence-electron chi connectivity index (χ0n) is 10.6. The highest BCUT2D eigenvalue weighted by Crippen LogP contribution is 2.19. The summed E-state index contributed by atoms with van der Waals surface area (Å²) in [7, 11) is 1.69. The highest BCUT2D eigenvalue weighted by molar-refractivity contribution is 14.1.